The first-order valence-electron chi connectivity index (χ1n) is 6.43. The smallest absolute Gasteiger partial charge is 0.380 e. The molecule has 0 radical (unpaired) electrons. The summed E-state index contributed by atoms with van der Waals surface area (Å²) < 4.78 is 39.8. The third kappa shape index (κ3) is 3.69. The summed E-state index contributed by atoms with van der Waals surface area (Å²) in [5, 5.41) is 7.48. The van der Waals surface area contributed by atoms with Crippen LogP contribution in [0.4, 0.5) is 18.9 Å². The largest absolute Gasteiger partial charge is 0.416 e. The van der Waals surface area contributed by atoms with Crippen LogP contribution < -0.4 is 5.32 Å². The molecular weight excluding hydrogens is 303 g/mol. The maximum absolute atomic E-state index is 12.7. The average Bonchev–Trinajstić information content (AvgIpc) is 2.76. The van der Waals surface area contributed by atoms with Crippen molar-refractivity contribution in [2.45, 2.75) is 26.1 Å². The summed E-state index contributed by atoms with van der Waals surface area (Å²) in [6, 6.07) is 3.23. The number of aromatic nitrogens is 2. The first-order chi connectivity index (χ1) is 9.81. The van der Waals surface area contributed by atoms with Crippen molar-refractivity contribution in [1.29, 1.82) is 0 Å². The van der Waals surface area contributed by atoms with Crippen molar-refractivity contribution in [2.75, 3.05) is 5.32 Å². The monoisotopic (exact) mass is 317 g/mol. The first-order valence-corrected chi connectivity index (χ1v) is 6.81. The third-order valence-electron chi connectivity index (χ3n) is 3.09. The van der Waals surface area contributed by atoms with E-state index in [1.807, 2.05) is 13.1 Å². The van der Waals surface area contributed by atoms with Gasteiger partial charge in [0.1, 0.15) is 0 Å². The van der Waals surface area contributed by atoms with E-state index in [-0.39, 0.29) is 10.7 Å². The Labute approximate surface area is 125 Å². The fourth-order valence-corrected chi connectivity index (χ4v) is 2.24. The van der Waals surface area contributed by atoms with Crippen LogP contribution in [0, 0.1) is 0 Å². The molecule has 0 atom stereocenters. The van der Waals surface area contributed by atoms with Gasteiger partial charge in [0, 0.05) is 25.4 Å². The van der Waals surface area contributed by atoms with Crippen molar-refractivity contribution in [1.82, 2.24) is 9.78 Å². The summed E-state index contributed by atoms with van der Waals surface area (Å²) in [7, 11) is 1.81. The highest BCUT2D eigenvalue weighted by Crippen LogP contribution is 2.34. The Kier molecular flexibility index (Phi) is 4.46. The lowest BCUT2D eigenvalue weighted by Crippen LogP contribution is -2.07. The molecule has 0 bridgehead atoms. The quantitative estimate of drug-likeness (QED) is 0.912. The molecule has 3 nitrogen and oxygen atoms in total. The van der Waals surface area contributed by atoms with Crippen molar-refractivity contribution in [3.05, 3.63) is 46.2 Å². The molecule has 0 aliphatic carbocycles. The second-order valence-corrected chi connectivity index (χ2v) is 5.08. The lowest BCUT2D eigenvalue weighted by Gasteiger charge is -2.12. The third-order valence-corrected chi connectivity index (χ3v) is 3.42. The van der Waals surface area contributed by atoms with Gasteiger partial charge < -0.3 is 5.32 Å². The molecule has 0 unspecified atom stereocenters. The molecule has 0 fully saturated rings. The minimum Gasteiger partial charge on any atom is -0.380 e. The van der Waals surface area contributed by atoms with E-state index in [0.717, 1.165) is 29.8 Å². The molecule has 7 heteroatoms. The Hall–Kier alpha value is -1.69. The molecule has 0 amide bonds. The number of rotatable bonds is 4. The van der Waals surface area contributed by atoms with Gasteiger partial charge in [-0.15, -0.1) is 0 Å². The summed E-state index contributed by atoms with van der Waals surface area (Å²) in [5.74, 6) is 0. The molecule has 1 aromatic carbocycles. The summed E-state index contributed by atoms with van der Waals surface area (Å²) in [5.41, 5.74) is 1.38. The van der Waals surface area contributed by atoms with E-state index in [4.69, 9.17) is 11.6 Å². The van der Waals surface area contributed by atoms with E-state index in [1.54, 1.807) is 11.7 Å². The van der Waals surface area contributed by atoms with Gasteiger partial charge in [-0.2, -0.15) is 18.3 Å². The molecule has 1 N–H and O–H groups in total. The SMILES string of the molecule is CCc1nn(C)cc1CNc1cc(C(F)(F)F)ccc1Cl. The number of nitrogens with zero attached hydrogens (tertiary/aromatic N) is 2. The predicted octanol–water partition coefficient (Wildman–Crippen LogP) is 4.27. The minimum absolute atomic E-state index is 0.255. The van der Waals surface area contributed by atoms with Gasteiger partial charge in [0.15, 0.2) is 0 Å². The molecule has 2 aromatic rings. The minimum atomic E-state index is -4.39. The van der Waals surface area contributed by atoms with Crippen LogP contribution in [-0.4, -0.2) is 9.78 Å². The number of halogens is 4. The summed E-state index contributed by atoms with van der Waals surface area (Å²) in [6.45, 7) is 2.35. The van der Waals surface area contributed by atoms with Gasteiger partial charge in [0.2, 0.25) is 0 Å². The van der Waals surface area contributed by atoms with Crippen LogP contribution in [0.25, 0.3) is 0 Å². The Bertz CT molecular complexity index is 635. The van der Waals surface area contributed by atoms with Crippen molar-refractivity contribution in [2.24, 2.45) is 7.05 Å². The normalized spacial score (nSPS) is 11.7. The predicted molar refractivity (Wildman–Crippen MR) is 76.4 cm³/mol. The van der Waals surface area contributed by atoms with Gasteiger partial charge in [-0.05, 0) is 24.6 Å². The van der Waals surface area contributed by atoms with E-state index in [9.17, 15) is 13.2 Å². The summed E-state index contributed by atoms with van der Waals surface area (Å²) in [6.07, 6.45) is -1.79. The molecule has 0 aliphatic heterocycles. The zero-order chi connectivity index (χ0) is 15.6. The molecule has 1 aromatic heterocycles. The fraction of sp³-hybridized carbons (Fsp3) is 0.357. The zero-order valence-electron chi connectivity index (χ0n) is 11.6. The number of aryl methyl sites for hydroxylation is 2. The van der Waals surface area contributed by atoms with Crippen molar-refractivity contribution < 1.29 is 13.2 Å². The van der Waals surface area contributed by atoms with E-state index in [2.05, 4.69) is 10.4 Å². The van der Waals surface area contributed by atoms with Crippen molar-refractivity contribution in [3.8, 4) is 0 Å². The molecule has 0 saturated heterocycles. The first kappa shape index (κ1) is 15.7. The molecule has 2 rings (SSSR count). The van der Waals surface area contributed by atoms with Crippen LogP contribution in [0.5, 0.6) is 0 Å². The number of hydrogen-bond donors (Lipinski definition) is 1. The summed E-state index contributed by atoms with van der Waals surface area (Å²) in [4.78, 5) is 0. The van der Waals surface area contributed by atoms with Crippen LogP contribution in [-0.2, 0) is 26.2 Å². The van der Waals surface area contributed by atoms with E-state index < -0.39 is 11.7 Å². The van der Waals surface area contributed by atoms with Gasteiger partial charge in [0.05, 0.1) is 22.0 Å². The molecule has 0 spiro atoms. The Morgan fingerprint density at radius 3 is 2.67 bits per heavy atom. The molecular formula is C14H15ClF3N3. The van der Waals surface area contributed by atoms with Gasteiger partial charge in [-0.3, -0.25) is 4.68 Å². The molecule has 1 heterocycles. The van der Waals surface area contributed by atoms with Gasteiger partial charge in [-0.1, -0.05) is 18.5 Å². The van der Waals surface area contributed by atoms with Crippen LogP contribution in [0.3, 0.4) is 0 Å². The van der Waals surface area contributed by atoms with E-state index in [0.29, 0.717) is 6.54 Å². The molecule has 114 valence electrons. The van der Waals surface area contributed by atoms with Crippen LogP contribution >= 0.6 is 11.6 Å². The summed E-state index contributed by atoms with van der Waals surface area (Å²) >= 11 is 5.94. The molecule has 21 heavy (non-hydrogen) atoms. The second-order valence-electron chi connectivity index (χ2n) is 4.67. The Morgan fingerprint density at radius 2 is 2.05 bits per heavy atom. The second kappa shape index (κ2) is 5.97. The number of anilines is 1. The highest BCUT2D eigenvalue weighted by Gasteiger charge is 2.30. The number of nitrogens with one attached hydrogen (secondary N) is 1. The van der Waals surface area contributed by atoms with E-state index in [1.165, 1.54) is 6.07 Å². The highest BCUT2D eigenvalue weighted by molar-refractivity contribution is 6.33. The number of hydrogen-bond acceptors (Lipinski definition) is 2. The van der Waals surface area contributed by atoms with Gasteiger partial charge >= 0.3 is 6.18 Å². The van der Waals surface area contributed by atoms with Crippen LogP contribution in [0.15, 0.2) is 24.4 Å². The molecule has 0 saturated carbocycles. The lowest BCUT2D eigenvalue weighted by molar-refractivity contribution is -0.137. The fourth-order valence-electron chi connectivity index (χ4n) is 2.06. The topological polar surface area (TPSA) is 29.9 Å². The average molecular weight is 318 g/mol. The van der Waals surface area contributed by atoms with Crippen LogP contribution in [0.1, 0.15) is 23.7 Å². The van der Waals surface area contributed by atoms with E-state index >= 15 is 0 Å². The Morgan fingerprint density at radius 1 is 1.33 bits per heavy atom. The van der Waals surface area contributed by atoms with Gasteiger partial charge in [-0.25, -0.2) is 0 Å². The van der Waals surface area contributed by atoms with Crippen molar-refractivity contribution in [3.63, 3.8) is 0 Å². The van der Waals surface area contributed by atoms with Crippen LogP contribution in [0.2, 0.25) is 5.02 Å². The molecule has 0 aliphatic rings. The maximum Gasteiger partial charge on any atom is 0.416 e. The van der Waals surface area contributed by atoms with Crippen molar-refractivity contribution >= 4 is 17.3 Å². The number of alkyl halides is 3. The lowest BCUT2D eigenvalue weighted by atomic mass is 10.1. The maximum atomic E-state index is 12.7. The highest BCUT2D eigenvalue weighted by atomic mass is 35.5. The van der Waals surface area contributed by atoms with Gasteiger partial charge in [0.25, 0.3) is 0 Å². The number of benzene rings is 1. The standard InChI is InChI=1S/C14H15ClF3N3/c1-3-12-9(8-21(2)20-12)7-19-13-6-10(14(16,17)18)4-5-11(13)15/h4-6,8,19H,3,7H2,1-2H3. The zero-order valence-corrected chi connectivity index (χ0v) is 12.4. The Balaban J connectivity index is 2.19.